The number of nitrogens with zero attached hydrogens (tertiary/aromatic N) is 1. The standard InChI is InChI=1S/C34H37FN4O6/c1-3-43-25-7-4-22(5-8-25)14-18-38-33(40)34(41)39-24-6-10-29(27(35)20-24)45-28-15-19-37-31-26(28)9-11-30(32(31)42-2)44-21-23-12-16-36-17-13-23/h4-11,15,19-20,23,36H,3,12-14,16-18,21H2,1-2H3,(H,38,40)(H,39,41). The third-order valence-corrected chi connectivity index (χ3v) is 7.48. The zero-order valence-corrected chi connectivity index (χ0v) is 25.4. The Kier molecular flexibility index (Phi) is 10.7. The van der Waals surface area contributed by atoms with Gasteiger partial charge in [0.15, 0.2) is 23.1 Å². The van der Waals surface area contributed by atoms with Crippen molar-refractivity contribution in [2.75, 3.05) is 45.3 Å². The first-order valence-corrected chi connectivity index (χ1v) is 15.0. The number of aromatic nitrogens is 1. The van der Waals surface area contributed by atoms with E-state index in [1.807, 2.05) is 31.2 Å². The third-order valence-electron chi connectivity index (χ3n) is 7.48. The van der Waals surface area contributed by atoms with Crippen LogP contribution in [0.15, 0.2) is 66.9 Å². The summed E-state index contributed by atoms with van der Waals surface area (Å²) in [5, 5.41) is 8.96. The van der Waals surface area contributed by atoms with Crippen molar-refractivity contribution in [3.63, 3.8) is 0 Å². The number of hydrogen-bond donors (Lipinski definition) is 3. The predicted octanol–water partition coefficient (Wildman–Crippen LogP) is 5.25. The van der Waals surface area contributed by atoms with E-state index >= 15 is 4.39 Å². The number of carbonyl (C=O) groups excluding carboxylic acids is 2. The number of hydrogen-bond acceptors (Lipinski definition) is 8. The fourth-order valence-corrected chi connectivity index (χ4v) is 5.09. The summed E-state index contributed by atoms with van der Waals surface area (Å²) in [6.45, 7) is 5.30. The average Bonchev–Trinajstić information content (AvgIpc) is 3.06. The van der Waals surface area contributed by atoms with Gasteiger partial charge in [-0.15, -0.1) is 0 Å². The second-order valence-electron chi connectivity index (χ2n) is 10.6. The Hall–Kier alpha value is -4.90. The molecular weight excluding hydrogens is 579 g/mol. The van der Waals surface area contributed by atoms with Gasteiger partial charge < -0.3 is 34.9 Å². The number of nitrogens with one attached hydrogen (secondary N) is 3. The topological polar surface area (TPSA) is 120 Å². The van der Waals surface area contributed by atoms with Gasteiger partial charge in [0.05, 0.1) is 20.3 Å². The van der Waals surface area contributed by atoms with Gasteiger partial charge in [0, 0.05) is 29.9 Å². The number of carbonyl (C=O) groups is 2. The van der Waals surface area contributed by atoms with E-state index in [2.05, 4.69) is 20.9 Å². The summed E-state index contributed by atoms with van der Waals surface area (Å²) in [5.74, 6) is 0.152. The number of anilines is 1. The summed E-state index contributed by atoms with van der Waals surface area (Å²) in [6, 6.07) is 16.7. The molecule has 5 rings (SSSR count). The van der Waals surface area contributed by atoms with Gasteiger partial charge in [-0.25, -0.2) is 4.39 Å². The molecule has 4 aromatic rings. The molecule has 3 N–H and O–H groups in total. The van der Waals surface area contributed by atoms with E-state index in [0.717, 1.165) is 43.3 Å². The van der Waals surface area contributed by atoms with Crippen LogP contribution in [0.4, 0.5) is 10.1 Å². The van der Waals surface area contributed by atoms with E-state index in [1.54, 1.807) is 31.5 Å². The second kappa shape index (κ2) is 15.2. The lowest BCUT2D eigenvalue weighted by molar-refractivity contribution is -0.136. The molecule has 0 unspecified atom stereocenters. The molecule has 2 amide bonds. The maximum absolute atomic E-state index is 15.1. The van der Waals surface area contributed by atoms with Crippen molar-refractivity contribution in [2.24, 2.45) is 5.92 Å². The Morgan fingerprint density at radius 2 is 1.73 bits per heavy atom. The van der Waals surface area contributed by atoms with Crippen LogP contribution in [0.2, 0.25) is 0 Å². The number of fused-ring (bicyclic) bond motifs is 1. The van der Waals surface area contributed by atoms with Crippen molar-refractivity contribution in [2.45, 2.75) is 26.2 Å². The minimum Gasteiger partial charge on any atom is -0.494 e. The van der Waals surface area contributed by atoms with Gasteiger partial charge in [-0.05, 0) is 93.2 Å². The molecule has 0 spiro atoms. The highest BCUT2D eigenvalue weighted by atomic mass is 19.1. The molecule has 0 bridgehead atoms. The van der Waals surface area contributed by atoms with Crippen LogP contribution in [0.1, 0.15) is 25.3 Å². The van der Waals surface area contributed by atoms with Gasteiger partial charge in [0.1, 0.15) is 17.0 Å². The Bertz CT molecular complexity index is 1630. The zero-order valence-electron chi connectivity index (χ0n) is 25.4. The number of piperidine rings is 1. The summed E-state index contributed by atoms with van der Waals surface area (Å²) >= 11 is 0. The van der Waals surface area contributed by atoms with Crippen LogP contribution < -0.4 is 34.9 Å². The Morgan fingerprint density at radius 1 is 0.956 bits per heavy atom. The molecule has 45 heavy (non-hydrogen) atoms. The number of methoxy groups -OCH3 is 1. The molecule has 1 aliphatic heterocycles. The van der Waals surface area contributed by atoms with Crippen LogP contribution in [-0.4, -0.2) is 56.8 Å². The van der Waals surface area contributed by atoms with Gasteiger partial charge >= 0.3 is 11.8 Å². The average molecular weight is 617 g/mol. The largest absolute Gasteiger partial charge is 0.494 e. The molecule has 0 saturated carbocycles. The molecule has 0 aliphatic carbocycles. The van der Waals surface area contributed by atoms with Crippen molar-refractivity contribution in [1.82, 2.24) is 15.6 Å². The van der Waals surface area contributed by atoms with Crippen molar-refractivity contribution >= 4 is 28.4 Å². The molecule has 1 aliphatic rings. The van der Waals surface area contributed by atoms with E-state index < -0.39 is 17.6 Å². The highest BCUT2D eigenvalue weighted by Crippen LogP contribution is 2.40. The predicted molar refractivity (Wildman–Crippen MR) is 169 cm³/mol. The molecule has 10 nitrogen and oxygen atoms in total. The van der Waals surface area contributed by atoms with Crippen LogP contribution in [0, 0.1) is 11.7 Å². The molecule has 1 aromatic heterocycles. The first kappa shape index (κ1) is 31.5. The number of ether oxygens (including phenoxy) is 4. The molecule has 2 heterocycles. The minimum atomic E-state index is -0.903. The van der Waals surface area contributed by atoms with Crippen LogP contribution in [0.5, 0.6) is 28.7 Å². The first-order valence-electron chi connectivity index (χ1n) is 15.0. The van der Waals surface area contributed by atoms with Crippen molar-refractivity contribution < 1.29 is 32.9 Å². The summed E-state index contributed by atoms with van der Waals surface area (Å²) in [4.78, 5) is 29.2. The zero-order chi connectivity index (χ0) is 31.6. The minimum absolute atomic E-state index is 0.0643. The lowest BCUT2D eigenvalue weighted by Gasteiger charge is -2.23. The van der Waals surface area contributed by atoms with Crippen LogP contribution in [-0.2, 0) is 16.0 Å². The van der Waals surface area contributed by atoms with E-state index in [-0.39, 0.29) is 18.0 Å². The molecule has 236 valence electrons. The smallest absolute Gasteiger partial charge is 0.313 e. The highest BCUT2D eigenvalue weighted by molar-refractivity contribution is 6.39. The van der Waals surface area contributed by atoms with E-state index in [9.17, 15) is 9.59 Å². The molecule has 0 radical (unpaired) electrons. The van der Waals surface area contributed by atoms with Gasteiger partial charge in [-0.2, -0.15) is 0 Å². The van der Waals surface area contributed by atoms with Crippen molar-refractivity contribution in [1.29, 1.82) is 0 Å². The molecule has 0 atom stereocenters. The normalized spacial score (nSPS) is 13.2. The first-order chi connectivity index (χ1) is 21.9. The third kappa shape index (κ3) is 8.18. The van der Waals surface area contributed by atoms with Gasteiger partial charge in [0.2, 0.25) is 0 Å². The summed E-state index contributed by atoms with van der Waals surface area (Å²) in [7, 11) is 1.55. The molecular formula is C34H37FN4O6. The number of amides is 2. The summed E-state index contributed by atoms with van der Waals surface area (Å²) < 4.78 is 38.2. The van der Waals surface area contributed by atoms with Crippen LogP contribution in [0.3, 0.4) is 0 Å². The second-order valence-corrected chi connectivity index (χ2v) is 10.6. The maximum Gasteiger partial charge on any atom is 0.313 e. The number of rotatable bonds is 12. The number of benzene rings is 3. The van der Waals surface area contributed by atoms with E-state index in [4.69, 9.17) is 18.9 Å². The SMILES string of the molecule is CCOc1ccc(CCNC(=O)C(=O)Nc2ccc(Oc3ccnc4c(OC)c(OCC5CCNCC5)ccc34)c(F)c2)cc1. The van der Waals surface area contributed by atoms with Crippen molar-refractivity contribution in [3.05, 3.63) is 78.2 Å². The lowest BCUT2D eigenvalue weighted by atomic mass is 9.99. The van der Waals surface area contributed by atoms with E-state index in [0.29, 0.717) is 53.7 Å². The van der Waals surface area contributed by atoms with Crippen LogP contribution in [0.25, 0.3) is 10.9 Å². The number of halogens is 1. The van der Waals surface area contributed by atoms with Gasteiger partial charge in [-0.3, -0.25) is 14.6 Å². The molecule has 1 saturated heterocycles. The Labute approximate surface area is 261 Å². The molecule has 11 heteroatoms. The van der Waals surface area contributed by atoms with Gasteiger partial charge in [-0.1, -0.05) is 12.1 Å². The van der Waals surface area contributed by atoms with Crippen molar-refractivity contribution in [3.8, 4) is 28.7 Å². The van der Waals surface area contributed by atoms with Gasteiger partial charge in [0.25, 0.3) is 0 Å². The van der Waals surface area contributed by atoms with Crippen LogP contribution >= 0.6 is 0 Å². The quantitative estimate of drug-likeness (QED) is 0.185. The monoisotopic (exact) mass is 616 g/mol. The molecule has 3 aromatic carbocycles. The fraction of sp³-hybridized carbons (Fsp3) is 0.324. The van der Waals surface area contributed by atoms with E-state index in [1.165, 1.54) is 12.1 Å². The highest BCUT2D eigenvalue weighted by Gasteiger charge is 2.19. The summed E-state index contributed by atoms with van der Waals surface area (Å²) in [5.41, 5.74) is 1.62. The Balaban J connectivity index is 1.18. The maximum atomic E-state index is 15.1. The fourth-order valence-electron chi connectivity index (χ4n) is 5.09. The number of pyridine rings is 1. The summed E-state index contributed by atoms with van der Waals surface area (Å²) in [6.07, 6.45) is 4.20. The lowest BCUT2D eigenvalue weighted by Crippen LogP contribution is -2.36. The Morgan fingerprint density at radius 3 is 2.47 bits per heavy atom. The molecule has 1 fully saturated rings.